The van der Waals surface area contributed by atoms with Crippen LogP contribution in [0.4, 0.5) is 0 Å². The van der Waals surface area contributed by atoms with Gasteiger partial charge in [-0.1, -0.05) is 0 Å². The SMILES string of the molecule is CN=C(NCCS(=O)C(C)(C)C)NCC1(C)CCCO1. The second kappa shape index (κ2) is 7.41. The molecule has 1 saturated heterocycles. The van der Waals surface area contributed by atoms with Crippen LogP contribution >= 0.6 is 0 Å². The number of hydrogen-bond donors (Lipinski definition) is 2. The van der Waals surface area contributed by atoms with E-state index in [1.54, 1.807) is 7.05 Å². The van der Waals surface area contributed by atoms with E-state index in [1.807, 2.05) is 20.8 Å². The average molecular weight is 303 g/mol. The normalized spacial score (nSPS) is 25.6. The summed E-state index contributed by atoms with van der Waals surface area (Å²) in [6.45, 7) is 10.3. The van der Waals surface area contributed by atoms with Crippen LogP contribution in [0.25, 0.3) is 0 Å². The Labute approximate surface area is 125 Å². The second-order valence-electron chi connectivity index (χ2n) is 6.42. The predicted molar refractivity (Wildman–Crippen MR) is 85.7 cm³/mol. The van der Waals surface area contributed by atoms with Crippen molar-refractivity contribution in [3.63, 3.8) is 0 Å². The van der Waals surface area contributed by atoms with Gasteiger partial charge in [-0.25, -0.2) is 0 Å². The van der Waals surface area contributed by atoms with Crippen LogP contribution in [0, 0.1) is 0 Å². The van der Waals surface area contributed by atoms with E-state index in [9.17, 15) is 4.21 Å². The molecule has 0 aromatic carbocycles. The number of rotatable bonds is 5. The summed E-state index contributed by atoms with van der Waals surface area (Å²) in [4.78, 5) is 4.18. The first kappa shape index (κ1) is 17.4. The maximum atomic E-state index is 11.9. The molecule has 0 aromatic rings. The summed E-state index contributed by atoms with van der Waals surface area (Å²) >= 11 is 0. The third kappa shape index (κ3) is 5.79. The molecule has 2 unspecified atom stereocenters. The standard InChI is InChI=1S/C14H29N3O2S/c1-13(2,3)20(18)10-8-16-12(15-5)17-11-14(4)7-6-9-19-14/h6-11H2,1-5H3,(H2,15,16,17). The zero-order valence-electron chi connectivity index (χ0n) is 13.4. The maximum Gasteiger partial charge on any atom is 0.191 e. The van der Waals surface area contributed by atoms with E-state index >= 15 is 0 Å². The van der Waals surface area contributed by atoms with Gasteiger partial charge in [-0.15, -0.1) is 0 Å². The van der Waals surface area contributed by atoms with Gasteiger partial charge in [0.15, 0.2) is 5.96 Å². The molecule has 6 heteroatoms. The second-order valence-corrected chi connectivity index (χ2v) is 8.74. The van der Waals surface area contributed by atoms with Gasteiger partial charge in [0, 0.05) is 48.0 Å². The van der Waals surface area contributed by atoms with Crippen LogP contribution < -0.4 is 10.6 Å². The van der Waals surface area contributed by atoms with E-state index in [4.69, 9.17) is 4.74 Å². The molecule has 1 aliphatic rings. The molecule has 0 aliphatic carbocycles. The molecular formula is C14H29N3O2S. The largest absolute Gasteiger partial charge is 0.373 e. The van der Waals surface area contributed by atoms with Gasteiger partial charge >= 0.3 is 0 Å². The van der Waals surface area contributed by atoms with Gasteiger partial charge in [0.05, 0.1) is 5.60 Å². The quantitative estimate of drug-likeness (QED) is 0.593. The molecule has 0 radical (unpaired) electrons. The number of hydrogen-bond acceptors (Lipinski definition) is 3. The Hall–Kier alpha value is -0.620. The van der Waals surface area contributed by atoms with Crippen molar-refractivity contribution in [1.29, 1.82) is 0 Å². The van der Waals surface area contributed by atoms with E-state index in [2.05, 4.69) is 22.5 Å². The number of aliphatic imine (C=N–C) groups is 1. The third-order valence-electron chi connectivity index (χ3n) is 3.42. The molecule has 1 heterocycles. The van der Waals surface area contributed by atoms with Gasteiger partial charge in [-0.2, -0.15) is 0 Å². The van der Waals surface area contributed by atoms with E-state index in [0.29, 0.717) is 12.3 Å². The van der Waals surface area contributed by atoms with Crippen molar-refractivity contribution in [2.45, 2.75) is 50.9 Å². The fourth-order valence-electron chi connectivity index (χ4n) is 2.04. The summed E-state index contributed by atoms with van der Waals surface area (Å²) in [5.41, 5.74) is -0.0914. The molecule has 1 aliphatic heterocycles. The van der Waals surface area contributed by atoms with Crippen LogP contribution in [0.1, 0.15) is 40.5 Å². The Kier molecular flexibility index (Phi) is 6.45. The fourth-order valence-corrected chi connectivity index (χ4v) is 2.94. The molecule has 0 aromatic heterocycles. The van der Waals surface area contributed by atoms with Crippen molar-refractivity contribution >= 4 is 16.8 Å². The Morgan fingerprint density at radius 3 is 2.60 bits per heavy atom. The summed E-state index contributed by atoms with van der Waals surface area (Å²) in [6.07, 6.45) is 2.19. The van der Waals surface area contributed by atoms with Gasteiger partial charge < -0.3 is 15.4 Å². The van der Waals surface area contributed by atoms with Gasteiger partial charge in [-0.3, -0.25) is 9.20 Å². The molecule has 2 atom stereocenters. The Balaban J connectivity index is 2.28. The lowest BCUT2D eigenvalue weighted by molar-refractivity contribution is 0.0243. The van der Waals surface area contributed by atoms with Crippen molar-refractivity contribution < 1.29 is 8.95 Å². The van der Waals surface area contributed by atoms with E-state index in [0.717, 1.165) is 32.0 Å². The van der Waals surface area contributed by atoms with E-state index < -0.39 is 10.8 Å². The Morgan fingerprint density at radius 1 is 1.40 bits per heavy atom. The van der Waals surface area contributed by atoms with E-state index in [1.165, 1.54) is 0 Å². The van der Waals surface area contributed by atoms with Gasteiger partial charge in [0.1, 0.15) is 0 Å². The highest BCUT2D eigenvalue weighted by molar-refractivity contribution is 7.86. The molecule has 0 bridgehead atoms. The highest BCUT2D eigenvalue weighted by Crippen LogP contribution is 2.23. The lowest BCUT2D eigenvalue weighted by Gasteiger charge is -2.25. The number of ether oxygens (including phenoxy) is 1. The summed E-state index contributed by atoms with van der Waals surface area (Å²) in [7, 11) is 0.904. The minimum Gasteiger partial charge on any atom is -0.373 e. The Bertz CT molecular complexity index is 358. The van der Waals surface area contributed by atoms with Crippen molar-refractivity contribution in [3.05, 3.63) is 0 Å². The first-order chi connectivity index (χ1) is 9.27. The molecule has 0 spiro atoms. The molecule has 1 fully saturated rings. The van der Waals surface area contributed by atoms with Crippen LogP contribution in [-0.2, 0) is 15.5 Å². The fraction of sp³-hybridized carbons (Fsp3) is 0.929. The zero-order valence-corrected chi connectivity index (χ0v) is 14.2. The first-order valence-electron chi connectivity index (χ1n) is 7.24. The number of nitrogens with zero attached hydrogens (tertiary/aromatic N) is 1. The molecule has 20 heavy (non-hydrogen) atoms. The number of nitrogens with one attached hydrogen (secondary N) is 2. The van der Waals surface area contributed by atoms with Crippen LogP contribution in [0.3, 0.4) is 0 Å². The molecule has 0 amide bonds. The summed E-state index contributed by atoms with van der Waals surface area (Å²) in [5.74, 6) is 1.37. The first-order valence-corrected chi connectivity index (χ1v) is 8.56. The van der Waals surface area contributed by atoms with Crippen LogP contribution in [0.2, 0.25) is 0 Å². The monoisotopic (exact) mass is 303 g/mol. The third-order valence-corrected chi connectivity index (χ3v) is 5.36. The highest BCUT2D eigenvalue weighted by atomic mass is 32.2. The van der Waals surface area contributed by atoms with Crippen LogP contribution in [0.5, 0.6) is 0 Å². The van der Waals surface area contributed by atoms with Gasteiger partial charge in [0.2, 0.25) is 0 Å². The van der Waals surface area contributed by atoms with E-state index in [-0.39, 0.29) is 10.3 Å². The molecule has 5 nitrogen and oxygen atoms in total. The summed E-state index contributed by atoms with van der Waals surface area (Å²) in [5, 5.41) is 6.48. The number of guanidine groups is 1. The summed E-state index contributed by atoms with van der Waals surface area (Å²) in [6, 6.07) is 0. The molecule has 2 N–H and O–H groups in total. The minimum atomic E-state index is -0.840. The van der Waals surface area contributed by atoms with Crippen molar-refractivity contribution in [2.75, 3.05) is 32.5 Å². The topological polar surface area (TPSA) is 62.7 Å². The van der Waals surface area contributed by atoms with Crippen molar-refractivity contribution in [3.8, 4) is 0 Å². The van der Waals surface area contributed by atoms with Crippen molar-refractivity contribution in [2.24, 2.45) is 4.99 Å². The predicted octanol–water partition coefficient (Wildman–Crippen LogP) is 1.27. The summed E-state index contributed by atoms with van der Waals surface area (Å²) < 4.78 is 17.5. The van der Waals surface area contributed by atoms with Gasteiger partial charge in [0.25, 0.3) is 0 Å². The lowest BCUT2D eigenvalue weighted by atomic mass is 10.0. The van der Waals surface area contributed by atoms with Crippen LogP contribution in [-0.4, -0.2) is 53.0 Å². The minimum absolute atomic E-state index is 0.0914. The molecule has 1 rings (SSSR count). The van der Waals surface area contributed by atoms with Gasteiger partial charge in [-0.05, 0) is 40.5 Å². The zero-order chi connectivity index (χ0) is 15.2. The average Bonchev–Trinajstić information content (AvgIpc) is 2.79. The van der Waals surface area contributed by atoms with Crippen molar-refractivity contribution in [1.82, 2.24) is 10.6 Å². The smallest absolute Gasteiger partial charge is 0.191 e. The maximum absolute atomic E-state index is 11.9. The molecular weight excluding hydrogens is 274 g/mol. The molecule has 118 valence electrons. The lowest BCUT2D eigenvalue weighted by Crippen LogP contribution is -2.46. The highest BCUT2D eigenvalue weighted by Gasteiger charge is 2.29. The molecule has 0 saturated carbocycles. The Morgan fingerprint density at radius 2 is 2.10 bits per heavy atom. The van der Waals surface area contributed by atoms with Crippen LogP contribution in [0.15, 0.2) is 4.99 Å².